The predicted molar refractivity (Wildman–Crippen MR) is 92.8 cm³/mol. The Hall–Kier alpha value is -2.74. The highest BCUT2D eigenvalue weighted by Gasteiger charge is 2.39. The number of carbonyl (C=O) groups excluding carboxylic acids is 1. The van der Waals surface area contributed by atoms with Crippen LogP contribution in [0.5, 0.6) is 5.75 Å². The van der Waals surface area contributed by atoms with E-state index in [-0.39, 0.29) is 37.7 Å². The highest BCUT2D eigenvalue weighted by molar-refractivity contribution is 5.81. The lowest BCUT2D eigenvalue weighted by Gasteiger charge is -2.33. The van der Waals surface area contributed by atoms with E-state index in [1.165, 1.54) is 6.07 Å². The molecule has 0 aliphatic carbocycles. The number of halogens is 1. The highest BCUT2D eigenvalue weighted by Crippen LogP contribution is 2.26. The SMILES string of the molecule is CCNC(=O)Cc1cc(=O)[nH]nc1-c1ccc(OCC2(F)COC2)cc1. The Balaban J connectivity index is 1.75. The van der Waals surface area contributed by atoms with Crippen molar-refractivity contribution in [2.45, 2.75) is 19.0 Å². The Morgan fingerprint density at radius 1 is 1.38 bits per heavy atom. The van der Waals surface area contributed by atoms with Crippen molar-refractivity contribution in [3.63, 3.8) is 0 Å². The lowest BCUT2D eigenvalue weighted by molar-refractivity contribution is -0.146. The number of rotatable bonds is 7. The Bertz CT molecular complexity index is 831. The summed E-state index contributed by atoms with van der Waals surface area (Å²) in [4.78, 5) is 23.4. The molecule has 1 aliphatic rings. The molecule has 0 saturated carbocycles. The number of hydrogen-bond acceptors (Lipinski definition) is 5. The predicted octanol–water partition coefficient (Wildman–Crippen LogP) is 1.23. The van der Waals surface area contributed by atoms with Crippen LogP contribution in [0.15, 0.2) is 35.1 Å². The normalized spacial score (nSPS) is 15.2. The zero-order valence-electron chi connectivity index (χ0n) is 14.4. The number of ether oxygens (including phenoxy) is 2. The number of aromatic nitrogens is 2. The number of hydrogen-bond donors (Lipinski definition) is 2. The average Bonchev–Trinajstić information content (AvgIpc) is 2.59. The number of nitrogens with zero attached hydrogens (tertiary/aromatic N) is 1. The third kappa shape index (κ3) is 4.26. The molecule has 2 N–H and O–H groups in total. The van der Waals surface area contributed by atoms with Crippen LogP contribution in [0.4, 0.5) is 4.39 Å². The van der Waals surface area contributed by atoms with Gasteiger partial charge in [0.2, 0.25) is 5.91 Å². The summed E-state index contributed by atoms with van der Waals surface area (Å²) in [5.74, 6) is 0.337. The van der Waals surface area contributed by atoms with Gasteiger partial charge in [0.05, 0.1) is 25.3 Å². The first-order valence-corrected chi connectivity index (χ1v) is 8.34. The van der Waals surface area contributed by atoms with Gasteiger partial charge in [0, 0.05) is 18.2 Å². The van der Waals surface area contributed by atoms with Gasteiger partial charge in [-0.1, -0.05) is 0 Å². The quantitative estimate of drug-likeness (QED) is 0.774. The second-order valence-electron chi connectivity index (χ2n) is 6.19. The van der Waals surface area contributed by atoms with E-state index in [2.05, 4.69) is 15.5 Å². The first kappa shape index (κ1) is 18.1. The molecule has 0 unspecified atom stereocenters. The van der Waals surface area contributed by atoms with Crippen LogP contribution in [0.3, 0.4) is 0 Å². The van der Waals surface area contributed by atoms with Crippen molar-refractivity contribution in [2.75, 3.05) is 26.4 Å². The Kier molecular flexibility index (Phi) is 5.32. The summed E-state index contributed by atoms with van der Waals surface area (Å²) < 4.78 is 24.2. The van der Waals surface area contributed by atoms with Crippen LogP contribution in [0.2, 0.25) is 0 Å². The number of likely N-dealkylation sites (N-methyl/N-ethyl adjacent to an activating group) is 1. The molecule has 1 aliphatic heterocycles. The molecule has 8 heteroatoms. The van der Waals surface area contributed by atoms with Gasteiger partial charge in [0.1, 0.15) is 12.4 Å². The fraction of sp³-hybridized carbons (Fsp3) is 0.389. The van der Waals surface area contributed by atoms with E-state index < -0.39 is 5.67 Å². The van der Waals surface area contributed by atoms with Gasteiger partial charge in [0.15, 0.2) is 5.67 Å². The van der Waals surface area contributed by atoms with E-state index in [1.54, 1.807) is 24.3 Å². The van der Waals surface area contributed by atoms with E-state index in [0.717, 1.165) is 5.56 Å². The Morgan fingerprint density at radius 3 is 2.73 bits per heavy atom. The van der Waals surface area contributed by atoms with Gasteiger partial charge in [-0.3, -0.25) is 9.59 Å². The maximum Gasteiger partial charge on any atom is 0.264 e. The number of aromatic amines is 1. The first-order chi connectivity index (χ1) is 12.5. The van der Waals surface area contributed by atoms with E-state index in [1.807, 2.05) is 6.92 Å². The van der Waals surface area contributed by atoms with Crippen molar-refractivity contribution in [1.29, 1.82) is 0 Å². The van der Waals surface area contributed by atoms with E-state index in [4.69, 9.17) is 9.47 Å². The van der Waals surface area contributed by atoms with Crippen LogP contribution in [-0.2, 0) is 16.0 Å². The zero-order valence-corrected chi connectivity index (χ0v) is 14.4. The first-order valence-electron chi connectivity index (χ1n) is 8.34. The largest absolute Gasteiger partial charge is 0.490 e. The van der Waals surface area contributed by atoms with Crippen LogP contribution in [0.1, 0.15) is 12.5 Å². The van der Waals surface area contributed by atoms with Gasteiger partial charge in [-0.2, -0.15) is 5.10 Å². The lowest BCUT2D eigenvalue weighted by atomic mass is 10.0. The molecule has 7 nitrogen and oxygen atoms in total. The maximum absolute atomic E-state index is 13.9. The summed E-state index contributed by atoms with van der Waals surface area (Å²) in [7, 11) is 0. The van der Waals surface area contributed by atoms with Crippen molar-refractivity contribution < 1.29 is 18.7 Å². The molecule has 26 heavy (non-hydrogen) atoms. The monoisotopic (exact) mass is 361 g/mol. The number of alkyl halides is 1. The summed E-state index contributed by atoms with van der Waals surface area (Å²) in [6.45, 7) is 2.37. The van der Waals surface area contributed by atoms with Crippen LogP contribution in [-0.4, -0.2) is 48.1 Å². The van der Waals surface area contributed by atoms with E-state index in [0.29, 0.717) is 23.6 Å². The smallest absolute Gasteiger partial charge is 0.264 e. The number of carbonyl (C=O) groups is 1. The third-order valence-corrected chi connectivity index (χ3v) is 3.96. The molecule has 0 atom stereocenters. The molecule has 1 aromatic carbocycles. The van der Waals surface area contributed by atoms with Crippen molar-refractivity contribution >= 4 is 5.91 Å². The number of nitrogens with one attached hydrogen (secondary N) is 2. The molecule has 0 radical (unpaired) electrons. The molecular formula is C18H20FN3O4. The fourth-order valence-corrected chi connectivity index (χ4v) is 2.59. The molecule has 2 aromatic rings. The summed E-state index contributed by atoms with van der Waals surface area (Å²) >= 11 is 0. The number of H-pyrrole nitrogens is 1. The molecule has 1 saturated heterocycles. The molecule has 0 spiro atoms. The molecule has 2 heterocycles. The molecule has 3 rings (SSSR count). The maximum atomic E-state index is 13.9. The molecule has 138 valence electrons. The number of benzene rings is 1. The minimum absolute atomic E-state index is 0.0512. The van der Waals surface area contributed by atoms with Gasteiger partial charge in [-0.25, -0.2) is 9.49 Å². The molecule has 1 fully saturated rings. The Morgan fingerprint density at radius 2 is 2.12 bits per heavy atom. The topological polar surface area (TPSA) is 93.3 Å². The standard InChI is InChI=1S/C18H20FN3O4/c1-2-20-15(23)7-13-8-16(24)21-22-17(13)12-3-5-14(6-4-12)26-11-18(19)9-25-10-18/h3-6,8H,2,7,9-11H2,1H3,(H,20,23)(H,21,24). The lowest BCUT2D eigenvalue weighted by Crippen LogP contribution is -2.50. The molecule has 0 bridgehead atoms. The Labute approximate surface area is 149 Å². The minimum Gasteiger partial charge on any atom is -0.490 e. The van der Waals surface area contributed by atoms with Crippen LogP contribution >= 0.6 is 0 Å². The van der Waals surface area contributed by atoms with Crippen molar-refractivity contribution in [3.05, 3.63) is 46.2 Å². The fourth-order valence-electron chi connectivity index (χ4n) is 2.59. The summed E-state index contributed by atoms with van der Waals surface area (Å²) in [5.41, 5.74) is -0.0304. The van der Waals surface area contributed by atoms with E-state index in [9.17, 15) is 14.0 Å². The summed E-state index contributed by atoms with van der Waals surface area (Å²) in [6.07, 6.45) is 0.0583. The van der Waals surface area contributed by atoms with Crippen molar-refractivity contribution in [1.82, 2.24) is 15.5 Å². The van der Waals surface area contributed by atoms with Gasteiger partial charge in [-0.05, 0) is 36.8 Å². The zero-order chi connectivity index (χ0) is 18.6. The third-order valence-electron chi connectivity index (χ3n) is 3.96. The second-order valence-corrected chi connectivity index (χ2v) is 6.19. The van der Waals surface area contributed by atoms with Crippen LogP contribution < -0.4 is 15.6 Å². The molecule has 1 amide bonds. The van der Waals surface area contributed by atoms with Gasteiger partial charge >= 0.3 is 0 Å². The van der Waals surface area contributed by atoms with Crippen LogP contribution in [0, 0.1) is 0 Å². The second kappa shape index (κ2) is 7.65. The van der Waals surface area contributed by atoms with Crippen molar-refractivity contribution in [2.24, 2.45) is 0 Å². The summed E-state index contributed by atoms with van der Waals surface area (Å²) in [6, 6.07) is 8.26. The van der Waals surface area contributed by atoms with E-state index >= 15 is 0 Å². The van der Waals surface area contributed by atoms with Crippen LogP contribution in [0.25, 0.3) is 11.3 Å². The summed E-state index contributed by atoms with van der Waals surface area (Å²) in [5, 5.41) is 9.15. The highest BCUT2D eigenvalue weighted by atomic mass is 19.1. The van der Waals surface area contributed by atoms with Crippen molar-refractivity contribution in [3.8, 4) is 17.0 Å². The molecular weight excluding hydrogens is 341 g/mol. The molecule has 1 aromatic heterocycles. The minimum atomic E-state index is -1.42. The van der Waals surface area contributed by atoms with Gasteiger partial charge in [0.25, 0.3) is 5.56 Å². The van der Waals surface area contributed by atoms with Gasteiger partial charge < -0.3 is 14.8 Å². The number of amides is 1. The van der Waals surface area contributed by atoms with Gasteiger partial charge in [-0.15, -0.1) is 0 Å². The average molecular weight is 361 g/mol.